The van der Waals surface area contributed by atoms with Crippen molar-refractivity contribution in [3.63, 3.8) is 0 Å². The standard InChI is InChI=1S/C11H10Br2N2O2S2/c1-6-10(5-11(13)18-6)19(16,17)15-7-2-3-9(14)8(12)4-7/h2-5,15H,14H2,1H3. The van der Waals surface area contributed by atoms with Gasteiger partial charge in [-0.05, 0) is 63.0 Å². The predicted octanol–water partition coefficient (Wildman–Crippen LogP) is 3.96. The van der Waals surface area contributed by atoms with Crippen LogP contribution in [0.4, 0.5) is 11.4 Å². The number of rotatable bonds is 3. The molecule has 0 radical (unpaired) electrons. The lowest BCUT2D eigenvalue weighted by atomic mass is 10.3. The van der Waals surface area contributed by atoms with Gasteiger partial charge >= 0.3 is 0 Å². The summed E-state index contributed by atoms with van der Waals surface area (Å²) >= 11 is 7.93. The Morgan fingerprint density at radius 2 is 1.95 bits per heavy atom. The monoisotopic (exact) mass is 424 g/mol. The van der Waals surface area contributed by atoms with Gasteiger partial charge < -0.3 is 5.73 Å². The van der Waals surface area contributed by atoms with Crippen LogP contribution < -0.4 is 10.5 Å². The molecular weight excluding hydrogens is 416 g/mol. The number of hydrogen-bond acceptors (Lipinski definition) is 4. The molecule has 0 amide bonds. The molecule has 0 unspecified atom stereocenters. The van der Waals surface area contributed by atoms with Crippen LogP contribution in [0.1, 0.15) is 4.88 Å². The number of aryl methyl sites for hydroxylation is 1. The van der Waals surface area contributed by atoms with Gasteiger partial charge in [-0.15, -0.1) is 11.3 Å². The van der Waals surface area contributed by atoms with E-state index in [0.717, 1.165) is 8.66 Å². The summed E-state index contributed by atoms with van der Waals surface area (Å²) in [6.07, 6.45) is 0. The van der Waals surface area contributed by atoms with Crippen LogP contribution in [0.5, 0.6) is 0 Å². The van der Waals surface area contributed by atoms with E-state index in [9.17, 15) is 8.42 Å². The summed E-state index contributed by atoms with van der Waals surface area (Å²) < 4.78 is 28.5. The Hall–Kier alpha value is -0.570. The van der Waals surface area contributed by atoms with Gasteiger partial charge in [0.15, 0.2) is 0 Å². The van der Waals surface area contributed by atoms with Crippen LogP contribution >= 0.6 is 43.2 Å². The summed E-state index contributed by atoms with van der Waals surface area (Å²) in [5.41, 5.74) is 6.68. The van der Waals surface area contributed by atoms with Crippen molar-refractivity contribution in [2.45, 2.75) is 11.8 Å². The number of nitrogens with one attached hydrogen (secondary N) is 1. The minimum absolute atomic E-state index is 0.275. The molecule has 102 valence electrons. The van der Waals surface area contributed by atoms with Crippen LogP contribution in [0, 0.1) is 6.92 Å². The third kappa shape index (κ3) is 3.31. The summed E-state index contributed by atoms with van der Waals surface area (Å²) in [7, 11) is -3.58. The summed E-state index contributed by atoms with van der Waals surface area (Å²) in [6.45, 7) is 1.77. The molecule has 0 fully saturated rings. The van der Waals surface area contributed by atoms with Gasteiger partial charge in [0.05, 0.1) is 9.47 Å². The van der Waals surface area contributed by atoms with Crippen LogP contribution in [0.3, 0.4) is 0 Å². The fraction of sp³-hybridized carbons (Fsp3) is 0.0909. The number of hydrogen-bond donors (Lipinski definition) is 2. The summed E-state index contributed by atoms with van der Waals surface area (Å²) in [6, 6.07) is 6.48. The molecular formula is C11H10Br2N2O2S2. The number of anilines is 2. The second kappa shape index (κ2) is 5.43. The van der Waals surface area contributed by atoms with E-state index in [4.69, 9.17) is 5.73 Å². The van der Waals surface area contributed by atoms with E-state index < -0.39 is 10.0 Å². The third-order valence-electron chi connectivity index (χ3n) is 2.38. The van der Waals surface area contributed by atoms with E-state index in [0.29, 0.717) is 15.8 Å². The van der Waals surface area contributed by atoms with E-state index in [-0.39, 0.29) is 4.90 Å². The van der Waals surface area contributed by atoms with Crippen molar-refractivity contribution in [3.05, 3.63) is 37.4 Å². The summed E-state index contributed by atoms with van der Waals surface area (Å²) in [5, 5.41) is 0. The number of nitrogens with two attached hydrogens (primary N) is 1. The van der Waals surface area contributed by atoms with Crippen molar-refractivity contribution in [2.24, 2.45) is 0 Å². The number of thiophene rings is 1. The Balaban J connectivity index is 2.36. The molecule has 0 aliphatic rings. The van der Waals surface area contributed by atoms with Crippen molar-refractivity contribution < 1.29 is 8.42 Å². The van der Waals surface area contributed by atoms with Crippen LogP contribution in [-0.4, -0.2) is 8.42 Å². The number of halogens is 2. The average molecular weight is 426 g/mol. The molecule has 2 rings (SSSR count). The highest BCUT2D eigenvalue weighted by atomic mass is 79.9. The number of benzene rings is 1. The zero-order chi connectivity index (χ0) is 14.2. The van der Waals surface area contributed by atoms with Crippen molar-refractivity contribution in [3.8, 4) is 0 Å². The van der Waals surface area contributed by atoms with Crippen molar-refractivity contribution in [2.75, 3.05) is 10.5 Å². The maximum Gasteiger partial charge on any atom is 0.263 e. The Morgan fingerprint density at radius 1 is 1.26 bits per heavy atom. The second-order valence-corrected chi connectivity index (χ2v) is 8.95. The molecule has 0 atom stereocenters. The summed E-state index contributed by atoms with van der Waals surface area (Å²) in [4.78, 5) is 1.01. The van der Waals surface area contributed by atoms with E-state index in [1.807, 2.05) is 0 Å². The minimum atomic E-state index is -3.58. The molecule has 4 nitrogen and oxygen atoms in total. The largest absolute Gasteiger partial charge is 0.398 e. The lowest BCUT2D eigenvalue weighted by Crippen LogP contribution is -2.13. The summed E-state index contributed by atoms with van der Waals surface area (Å²) in [5.74, 6) is 0. The predicted molar refractivity (Wildman–Crippen MR) is 86.1 cm³/mol. The third-order valence-corrected chi connectivity index (χ3v) is 6.26. The fourth-order valence-electron chi connectivity index (χ4n) is 1.50. The quantitative estimate of drug-likeness (QED) is 0.730. The molecule has 1 aromatic heterocycles. The van der Waals surface area contributed by atoms with E-state index in [1.165, 1.54) is 11.3 Å². The highest BCUT2D eigenvalue weighted by molar-refractivity contribution is 9.11. The van der Waals surface area contributed by atoms with Crippen LogP contribution in [-0.2, 0) is 10.0 Å². The zero-order valence-corrected chi connectivity index (χ0v) is 14.6. The Bertz CT molecular complexity index is 726. The highest BCUT2D eigenvalue weighted by Gasteiger charge is 2.19. The lowest BCUT2D eigenvalue weighted by molar-refractivity contribution is 0.601. The molecule has 0 aliphatic heterocycles. The van der Waals surface area contributed by atoms with E-state index in [1.54, 1.807) is 31.2 Å². The SMILES string of the molecule is Cc1sc(Br)cc1S(=O)(=O)Nc1ccc(N)c(Br)c1. The molecule has 0 bridgehead atoms. The van der Waals surface area contributed by atoms with Gasteiger partial charge in [-0.3, -0.25) is 4.72 Å². The number of nitrogen functional groups attached to an aromatic ring is 1. The highest BCUT2D eigenvalue weighted by Crippen LogP contribution is 2.31. The maximum atomic E-state index is 12.3. The molecule has 3 N–H and O–H groups in total. The molecule has 8 heteroatoms. The molecule has 1 heterocycles. The molecule has 19 heavy (non-hydrogen) atoms. The Morgan fingerprint density at radius 3 is 2.47 bits per heavy atom. The Labute approximate surface area is 132 Å². The van der Waals surface area contributed by atoms with Crippen molar-refractivity contribution in [1.82, 2.24) is 0 Å². The molecule has 0 aliphatic carbocycles. The fourth-order valence-corrected chi connectivity index (χ4v) is 5.34. The van der Waals surface area contributed by atoms with Gasteiger partial charge in [-0.1, -0.05) is 0 Å². The molecule has 0 saturated heterocycles. The minimum Gasteiger partial charge on any atom is -0.398 e. The molecule has 1 aromatic carbocycles. The van der Waals surface area contributed by atoms with Gasteiger partial charge in [0.2, 0.25) is 0 Å². The molecule has 0 spiro atoms. The second-order valence-electron chi connectivity index (χ2n) is 3.81. The first kappa shape index (κ1) is 14.8. The average Bonchev–Trinajstić information content (AvgIpc) is 2.63. The Kier molecular flexibility index (Phi) is 4.24. The first-order valence-corrected chi connectivity index (χ1v) is 9.02. The van der Waals surface area contributed by atoms with Gasteiger partial charge in [0.25, 0.3) is 10.0 Å². The van der Waals surface area contributed by atoms with Crippen molar-refractivity contribution in [1.29, 1.82) is 0 Å². The zero-order valence-electron chi connectivity index (χ0n) is 9.78. The lowest BCUT2D eigenvalue weighted by Gasteiger charge is -2.08. The molecule has 2 aromatic rings. The van der Waals surface area contributed by atoms with E-state index >= 15 is 0 Å². The van der Waals surface area contributed by atoms with Gasteiger partial charge in [0.1, 0.15) is 4.90 Å². The van der Waals surface area contributed by atoms with Gasteiger partial charge in [0, 0.05) is 15.0 Å². The van der Waals surface area contributed by atoms with Crippen LogP contribution in [0.2, 0.25) is 0 Å². The normalized spacial score (nSPS) is 11.5. The van der Waals surface area contributed by atoms with Gasteiger partial charge in [-0.25, -0.2) is 8.42 Å². The maximum absolute atomic E-state index is 12.3. The number of sulfonamides is 1. The van der Waals surface area contributed by atoms with Gasteiger partial charge in [-0.2, -0.15) is 0 Å². The molecule has 0 saturated carbocycles. The first-order chi connectivity index (χ1) is 8.79. The smallest absolute Gasteiger partial charge is 0.263 e. The van der Waals surface area contributed by atoms with E-state index in [2.05, 4.69) is 36.6 Å². The topological polar surface area (TPSA) is 72.2 Å². The van der Waals surface area contributed by atoms with Crippen LogP contribution in [0.15, 0.2) is 37.4 Å². The van der Waals surface area contributed by atoms with Crippen molar-refractivity contribution >= 4 is 64.6 Å². The first-order valence-electron chi connectivity index (χ1n) is 5.13. The van der Waals surface area contributed by atoms with Crippen LogP contribution in [0.25, 0.3) is 0 Å².